The van der Waals surface area contributed by atoms with Gasteiger partial charge in [0.2, 0.25) is 0 Å². The Kier molecular flexibility index (Phi) is 4.66. The second-order valence-electron chi connectivity index (χ2n) is 4.78. The topological polar surface area (TPSA) is 70.0 Å². The Labute approximate surface area is 139 Å². The lowest BCUT2D eigenvalue weighted by Gasteiger charge is -2.12. The molecular weight excluding hydrogens is 343 g/mol. The predicted molar refractivity (Wildman–Crippen MR) is 87.9 cm³/mol. The minimum Gasteiger partial charge on any atom is -0.280 e. The summed E-state index contributed by atoms with van der Waals surface area (Å²) in [6.45, 7) is 3.41. The van der Waals surface area contributed by atoms with Crippen molar-refractivity contribution in [3.63, 3.8) is 0 Å². The maximum atomic E-state index is 12.5. The number of halogens is 2. The van der Waals surface area contributed by atoms with Crippen molar-refractivity contribution in [1.29, 1.82) is 5.26 Å². The van der Waals surface area contributed by atoms with Gasteiger partial charge in [-0.05, 0) is 55.3 Å². The molecule has 0 fully saturated rings. The number of rotatable bonds is 3. The van der Waals surface area contributed by atoms with Crippen molar-refractivity contribution in [1.82, 2.24) is 0 Å². The summed E-state index contributed by atoms with van der Waals surface area (Å²) in [6, 6.07) is 9.39. The molecule has 0 aliphatic carbocycles. The molecule has 2 rings (SSSR count). The molecule has 22 heavy (non-hydrogen) atoms. The van der Waals surface area contributed by atoms with E-state index in [1.165, 1.54) is 24.3 Å². The van der Waals surface area contributed by atoms with Crippen molar-refractivity contribution in [3.05, 3.63) is 57.1 Å². The van der Waals surface area contributed by atoms with E-state index in [-0.39, 0.29) is 21.2 Å². The molecule has 0 aliphatic rings. The lowest BCUT2D eigenvalue weighted by Crippen LogP contribution is -2.14. The minimum absolute atomic E-state index is 0.148. The number of nitrogens with zero attached hydrogens (tertiary/aromatic N) is 1. The molecule has 0 spiro atoms. The molecule has 4 nitrogen and oxygen atoms in total. The Hall–Kier alpha value is -1.74. The summed E-state index contributed by atoms with van der Waals surface area (Å²) in [6.07, 6.45) is 0. The maximum absolute atomic E-state index is 12.5. The lowest BCUT2D eigenvalue weighted by atomic mass is 10.2. The normalized spacial score (nSPS) is 11.0. The summed E-state index contributed by atoms with van der Waals surface area (Å²) in [7, 11) is -3.77. The molecule has 0 aromatic heterocycles. The van der Waals surface area contributed by atoms with E-state index in [1.807, 2.05) is 6.07 Å². The van der Waals surface area contributed by atoms with Crippen LogP contribution in [0.1, 0.15) is 16.7 Å². The molecule has 0 amide bonds. The van der Waals surface area contributed by atoms with Crippen molar-refractivity contribution in [2.45, 2.75) is 18.7 Å². The van der Waals surface area contributed by atoms with Crippen LogP contribution in [0.4, 0.5) is 5.69 Å². The summed E-state index contributed by atoms with van der Waals surface area (Å²) in [5, 5.41) is 9.53. The standard InChI is InChI=1S/C15H12Cl2N2O2S/c1-9-6-15(10(2)5-13(9)16)22(20,21)19-12-4-3-11(8-18)14(17)7-12/h3-7,19H,1-2H3. The van der Waals surface area contributed by atoms with Crippen LogP contribution in [-0.2, 0) is 10.0 Å². The van der Waals surface area contributed by atoms with E-state index in [1.54, 1.807) is 19.9 Å². The number of aryl methyl sites for hydroxylation is 2. The van der Waals surface area contributed by atoms with Gasteiger partial charge in [0.1, 0.15) is 6.07 Å². The fraction of sp³-hybridized carbons (Fsp3) is 0.133. The third-order valence-corrected chi connectivity index (χ3v) is 5.33. The van der Waals surface area contributed by atoms with Crippen LogP contribution in [0.3, 0.4) is 0 Å². The lowest BCUT2D eigenvalue weighted by molar-refractivity contribution is 0.600. The van der Waals surface area contributed by atoms with Gasteiger partial charge in [-0.2, -0.15) is 5.26 Å². The van der Waals surface area contributed by atoms with Gasteiger partial charge < -0.3 is 0 Å². The summed E-state index contributed by atoms with van der Waals surface area (Å²) in [5.74, 6) is 0. The van der Waals surface area contributed by atoms with Gasteiger partial charge in [0.25, 0.3) is 10.0 Å². The molecule has 0 radical (unpaired) electrons. The quantitative estimate of drug-likeness (QED) is 0.893. The first kappa shape index (κ1) is 16.6. The summed E-state index contributed by atoms with van der Waals surface area (Å²) in [4.78, 5) is 0.148. The van der Waals surface area contributed by atoms with Gasteiger partial charge in [0.15, 0.2) is 0 Å². The molecule has 0 heterocycles. The molecule has 0 saturated carbocycles. The first-order chi connectivity index (χ1) is 10.2. The van der Waals surface area contributed by atoms with Crippen LogP contribution in [0.5, 0.6) is 0 Å². The van der Waals surface area contributed by atoms with Gasteiger partial charge in [-0.25, -0.2) is 8.42 Å². The monoisotopic (exact) mass is 354 g/mol. The van der Waals surface area contributed by atoms with Gasteiger partial charge in [0, 0.05) is 5.02 Å². The first-order valence-electron chi connectivity index (χ1n) is 6.24. The van der Waals surface area contributed by atoms with Crippen LogP contribution in [0.25, 0.3) is 0 Å². The van der Waals surface area contributed by atoms with Crippen LogP contribution in [0.15, 0.2) is 35.2 Å². The summed E-state index contributed by atoms with van der Waals surface area (Å²) in [5.41, 5.74) is 1.78. The Morgan fingerprint density at radius 2 is 1.73 bits per heavy atom. The van der Waals surface area contributed by atoms with Crippen LogP contribution in [0, 0.1) is 25.2 Å². The highest BCUT2D eigenvalue weighted by molar-refractivity contribution is 7.92. The molecule has 1 N–H and O–H groups in total. The fourth-order valence-corrected chi connectivity index (χ4v) is 3.73. The van der Waals surface area contributed by atoms with Gasteiger partial charge >= 0.3 is 0 Å². The van der Waals surface area contributed by atoms with E-state index < -0.39 is 10.0 Å². The van der Waals surface area contributed by atoms with Crippen LogP contribution in [0.2, 0.25) is 10.0 Å². The van der Waals surface area contributed by atoms with E-state index in [4.69, 9.17) is 28.5 Å². The van der Waals surface area contributed by atoms with Gasteiger partial charge in [-0.1, -0.05) is 23.2 Å². The Balaban J connectivity index is 2.42. The number of hydrogen-bond acceptors (Lipinski definition) is 3. The van der Waals surface area contributed by atoms with Gasteiger partial charge in [-0.15, -0.1) is 0 Å². The van der Waals surface area contributed by atoms with E-state index >= 15 is 0 Å². The molecule has 0 unspecified atom stereocenters. The molecule has 7 heteroatoms. The SMILES string of the molecule is Cc1cc(S(=O)(=O)Nc2ccc(C#N)c(Cl)c2)c(C)cc1Cl. The van der Waals surface area contributed by atoms with Crippen LogP contribution < -0.4 is 4.72 Å². The molecule has 0 saturated heterocycles. The second-order valence-corrected chi connectivity index (χ2v) is 7.24. The van der Waals surface area contributed by atoms with Crippen molar-refractivity contribution >= 4 is 38.9 Å². The van der Waals surface area contributed by atoms with E-state index in [0.29, 0.717) is 16.1 Å². The molecule has 114 valence electrons. The third-order valence-electron chi connectivity index (χ3n) is 3.09. The van der Waals surface area contributed by atoms with Crippen LogP contribution in [-0.4, -0.2) is 8.42 Å². The fourth-order valence-electron chi connectivity index (χ4n) is 1.92. The van der Waals surface area contributed by atoms with E-state index in [2.05, 4.69) is 4.72 Å². The zero-order chi connectivity index (χ0) is 16.5. The average molecular weight is 355 g/mol. The maximum Gasteiger partial charge on any atom is 0.262 e. The molecule has 2 aromatic rings. The molecule has 0 atom stereocenters. The number of nitrogens with one attached hydrogen (secondary N) is 1. The third kappa shape index (κ3) is 3.36. The summed E-state index contributed by atoms with van der Waals surface area (Å²) < 4.78 is 27.4. The number of anilines is 1. The molecular formula is C15H12Cl2N2O2S. The van der Waals surface area contributed by atoms with Gasteiger partial charge in [-0.3, -0.25) is 4.72 Å². The highest BCUT2D eigenvalue weighted by Gasteiger charge is 2.18. The Morgan fingerprint density at radius 3 is 2.32 bits per heavy atom. The zero-order valence-electron chi connectivity index (χ0n) is 11.8. The largest absolute Gasteiger partial charge is 0.280 e. The van der Waals surface area contributed by atoms with Gasteiger partial charge in [0.05, 0.1) is 21.2 Å². The van der Waals surface area contributed by atoms with Crippen molar-refractivity contribution < 1.29 is 8.42 Å². The first-order valence-corrected chi connectivity index (χ1v) is 8.47. The van der Waals surface area contributed by atoms with E-state index in [9.17, 15) is 8.42 Å². The molecule has 0 aliphatic heterocycles. The Bertz CT molecular complexity index is 887. The smallest absolute Gasteiger partial charge is 0.262 e. The van der Waals surface area contributed by atoms with Crippen molar-refractivity contribution in [2.75, 3.05) is 4.72 Å². The number of hydrogen-bond donors (Lipinski definition) is 1. The highest BCUT2D eigenvalue weighted by atomic mass is 35.5. The summed E-state index contributed by atoms with van der Waals surface area (Å²) >= 11 is 11.9. The van der Waals surface area contributed by atoms with Crippen molar-refractivity contribution in [2.24, 2.45) is 0 Å². The van der Waals surface area contributed by atoms with Crippen LogP contribution >= 0.6 is 23.2 Å². The zero-order valence-corrected chi connectivity index (χ0v) is 14.1. The Morgan fingerprint density at radius 1 is 1.05 bits per heavy atom. The number of nitriles is 1. The average Bonchev–Trinajstić information content (AvgIpc) is 2.42. The molecule has 0 bridgehead atoms. The van der Waals surface area contributed by atoms with Crippen molar-refractivity contribution in [3.8, 4) is 6.07 Å². The second kappa shape index (κ2) is 6.17. The number of benzene rings is 2. The predicted octanol–water partition coefficient (Wildman–Crippen LogP) is 4.28. The number of sulfonamides is 1. The molecule has 2 aromatic carbocycles. The highest BCUT2D eigenvalue weighted by Crippen LogP contribution is 2.27. The van der Waals surface area contributed by atoms with E-state index in [0.717, 1.165) is 0 Å². The minimum atomic E-state index is -3.77.